The summed E-state index contributed by atoms with van der Waals surface area (Å²) in [5.41, 5.74) is 0.712. The fourth-order valence-electron chi connectivity index (χ4n) is 1.70. The summed E-state index contributed by atoms with van der Waals surface area (Å²) in [6.07, 6.45) is 0. The predicted octanol–water partition coefficient (Wildman–Crippen LogP) is 2.03. The van der Waals surface area contributed by atoms with E-state index in [4.69, 9.17) is 13.9 Å². The Bertz CT molecular complexity index is 554. The molecule has 0 saturated heterocycles. The fourth-order valence-corrected chi connectivity index (χ4v) is 1.70. The molecule has 1 unspecified atom stereocenters. The van der Waals surface area contributed by atoms with Crippen LogP contribution in [0.15, 0.2) is 22.6 Å². The lowest BCUT2D eigenvalue weighted by molar-refractivity contribution is 0.354. The molecule has 0 radical (unpaired) electrons. The van der Waals surface area contributed by atoms with E-state index in [1.807, 2.05) is 32.2 Å². The lowest BCUT2D eigenvalue weighted by Gasteiger charge is -2.09. The highest BCUT2D eigenvalue weighted by molar-refractivity contribution is 5.67. The molecule has 102 valence electrons. The van der Waals surface area contributed by atoms with Crippen LogP contribution in [0.1, 0.15) is 18.9 Å². The van der Waals surface area contributed by atoms with Gasteiger partial charge in [0.05, 0.1) is 25.8 Å². The molecule has 0 aliphatic rings. The van der Waals surface area contributed by atoms with Crippen LogP contribution in [0, 0.1) is 0 Å². The van der Waals surface area contributed by atoms with Gasteiger partial charge in [-0.15, -0.1) is 10.2 Å². The van der Waals surface area contributed by atoms with Crippen molar-refractivity contribution in [2.75, 3.05) is 21.3 Å². The zero-order valence-electron chi connectivity index (χ0n) is 11.4. The van der Waals surface area contributed by atoms with Crippen molar-refractivity contribution in [3.05, 3.63) is 24.1 Å². The van der Waals surface area contributed by atoms with Gasteiger partial charge in [0.15, 0.2) is 11.5 Å². The van der Waals surface area contributed by atoms with Crippen molar-refractivity contribution in [1.29, 1.82) is 0 Å². The van der Waals surface area contributed by atoms with Crippen LogP contribution in [0.3, 0.4) is 0 Å². The molecule has 2 rings (SSSR count). The summed E-state index contributed by atoms with van der Waals surface area (Å²) in [4.78, 5) is 0. The molecule has 0 aliphatic heterocycles. The van der Waals surface area contributed by atoms with Crippen molar-refractivity contribution in [3.8, 4) is 23.0 Å². The van der Waals surface area contributed by atoms with Crippen molar-refractivity contribution in [2.24, 2.45) is 0 Å². The van der Waals surface area contributed by atoms with Gasteiger partial charge in [0.2, 0.25) is 5.89 Å². The molecule has 0 bridgehead atoms. The summed E-state index contributed by atoms with van der Waals surface area (Å²) in [6, 6.07) is 5.51. The van der Waals surface area contributed by atoms with Gasteiger partial charge >= 0.3 is 0 Å². The number of benzene rings is 1. The van der Waals surface area contributed by atoms with Gasteiger partial charge in [-0.25, -0.2) is 0 Å². The molecule has 1 N–H and O–H groups in total. The van der Waals surface area contributed by atoms with Crippen molar-refractivity contribution in [1.82, 2.24) is 15.5 Å². The van der Waals surface area contributed by atoms with E-state index in [1.165, 1.54) is 0 Å². The van der Waals surface area contributed by atoms with Gasteiger partial charge in [-0.1, -0.05) is 6.07 Å². The molecular weight excluding hydrogens is 246 g/mol. The SMILES string of the molecule is CNC(C)c1nnc(-c2cccc(OC)c2OC)o1. The number of hydrogen-bond donors (Lipinski definition) is 1. The van der Waals surface area contributed by atoms with E-state index in [9.17, 15) is 0 Å². The molecule has 0 saturated carbocycles. The second-order valence-corrected chi connectivity index (χ2v) is 4.00. The first-order chi connectivity index (χ1) is 9.21. The zero-order chi connectivity index (χ0) is 13.8. The summed E-state index contributed by atoms with van der Waals surface area (Å²) in [6.45, 7) is 1.94. The number of nitrogens with one attached hydrogen (secondary N) is 1. The Morgan fingerprint density at radius 1 is 1.21 bits per heavy atom. The summed E-state index contributed by atoms with van der Waals surface area (Å²) in [7, 11) is 5.00. The normalized spacial score (nSPS) is 12.2. The summed E-state index contributed by atoms with van der Waals surface area (Å²) in [5, 5.41) is 11.1. The van der Waals surface area contributed by atoms with Crippen molar-refractivity contribution in [3.63, 3.8) is 0 Å². The highest BCUT2D eigenvalue weighted by Gasteiger charge is 2.18. The van der Waals surface area contributed by atoms with Crippen LogP contribution in [0.2, 0.25) is 0 Å². The average Bonchev–Trinajstić information content (AvgIpc) is 2.95. The molecule has 0 spiro atoms. The number of methoxy groups -OCH3 is 2. The van der Waals surface area contributed by atoms with Crippen LogP contribution in [0.5, 0.6) is 11.5 Å². The molecule has 2 aromatic rings. The van der Waals surface area contributed by atoms with E-state index in [2.05, 4.69) is 15.5 Å². The Kier molecular flexibility index (Phi) is 4.01. The highest BCUT2D eigenvalue weighted by atomic mass is 16.5. The predicted molar refractivity (Wildman–Crippen MR) is 70.3 cm³/mol. The van der Waals surface area contributed by atoms with Gasteiger partial charge in [0.25, 0.3) is 5.89 Å². The Morgan fingerprint density at radius 3 is 2.63 bits per heavy atom. The summed E-state index contributed by atoms with van der Waals surface area (Å²) in [5.74, 6) is 2.15. The first kappa shape index (κ1) is 13.4. The van der Waals surface area contributed by atoms with E-state index in [-0.39, 0.29) is 6.04 Å². The number of para-hydroxylation sites is 1. The smallest absolute Gasteiger partial charge is 0.251 e. The zero-order valence-corrected chi connectivity index (χ0v) is 11.4. The average molecular weight is 263 g/mol. The van der Waals surface area contributed by atoms with Crippen LogP contribution in [0.4, 0.5) is 0 Å². The third-order valence-electron chi connectivity index (χ3n) is 2.88. The van der Waals surface area contributed by atoms with Crippen LogP contribution >= 0.6 is 0 Å². The van der Waals surface area contributed by atoms with E-state index >= 15 is 0 Å². The van der Waals surface area contributed by atoms with Gasteiger partial charge in [-0.05, 0) is 26.1 Å². The Labute approximate surface area is 111 Å². The second-order valence-electron chi connectivity index (χ2n) is 4.00. The number of rotatable bonds is 5. The molecule has 6 heteroatoms. The van der Waals surface area contributed by atoms with Crippen molar-refractivity contribution < 1.29 is 13.9 Å². The number of aromatic nitrogens is 2. The quantitative estimate of drug-likeness (QED) is 0.890. The van der Waals surface area contributed by atoms with Crippen molar-refractivity contribution >= 4 is 0 Å². The second kappa shape index (κ2) is 5.71. The third-order valence-corrected chi connectivity index (χ3v) is 2.88. The molecule has 1 heterocycles. The Hall–Kier alpha value is -2.08. The number of hydrogen-bond acceptors (Lipinski definition) is 6. The lowest BCUT2D eigenvalue weighted by atomic mass is 10.2. The standard InChI is InChI=1S/C13H17N3O3/c1-8(14-2)12-15-16-13(19-12)9-6-5-7-10(17-3)11(9)18-4/h5-8,14H,1-4H3. The highest BCUT2D eigenvalue weighted by Crippen LogP contribution is 2.37. The van der Waals surface area contributed by atoms with Crippen molar-refractivity contribution in [2.45, 2.75) is 13.0 Å². The van der Waals surface area contributed by atoms with Crippen LogP contribution in [-0.2, 0) is 0 Å². The Morgan fingerprint density at radius 2 is 2.00 bits per heavy atom. The van der Waals surface area contributed by atoms with E-state index in [1.54, 1.807) is 14.2 Å². The molecule has 19 heavy (non-hydrogen) atoms. The lowest BCUT2D eigenvalue weighted by Crippen LogP contribution is -2.12. The number of ether oxygens (including phenoxy) is 2. The van der Waals surface area contributed by atoms with E-state index < -0.39 is 0 Å². The van der Waals surface area contributed by atoms with Gasteiger partial charge in [0, 0.05) is 0 Å². The molecule has 6 nitrogen and oxygen atoms in total. The van der Waals surface area contributed by atoms with E-state index in [0.717, 1.165) is 0 Å². The largest absolute Gasteiger partial charge is 0.493 e. The topological polar surface area (TPSA) is 69.4 Å². The maximum Gasteiger partial charge on any atom is 0.251 e. The van der Waals surface area contributed by atoms with Crippen LogP contribution in [-0.4, -0.2) is 31.5 Å². The molecule has 1 atom stereocenters. The molecule has 0 aliphatic carbocycles. The monoisotopic (exact) mass is 263 g/mol. The van der Waals surface area contributed by atoms with Crippen LogP contribution < -0.4 is 14.8 Å². The Balaban J connectivity index is 2.44. The van der Waals surface area contributed by atoms with Crippen LogP contribution in [0.25, 0.3) is 11.5 Å². The maximum atomic E-state index is 5.64. The van der Waals surface area contributed by atoms with Gasteiger partial charge in [0.1, 0.15) is 0 Å². The molecule has 1 aromatic carbocycles. The first-order valence-corrected chi connectivity index (χ1v) is 5.93. The minimum atomic E-state index is -0.00199. The summed E-state index contributed by atoms with van der Waals surface area (Å²) < 4.78 is 16.2. The first-order valence-electron chi connectivity index (χ1n) is 5.93. The molecule has 0 fully saturated rings. The summed E-state index contributed by atoms with van der Waals surface area (Å²) >= 11 is 0. The molecule has 0 amide bonds. The maximum absolute atomic E-state index is 5.64. The third kappa shape index (κ3) is 2.53. The molecule has 1 aromatic heterocycles. The minimum absolute atomic E-state index is 0.00199. The van der Waals surface area contributed by atoms with Gasteiger partial charge < -0.3 is 19.2 Å². The fraction of sp³-hybridized carbons (Fsp3) is 0.385. The number of nitrogens with zero attached hydrogens (tertiary/aromatic N) is 2. The molecular formula is C13H17N3O3. The van der Waals surface area contributed by atoms with Gasteiger partial charge in [-0.2, -0.15) is 0 Å². The van der Waals surface area contributed by atoms with E-state index in [0.29, 0.717) is 28.8 Å². The minimum Gasteiger partial charge on any atom is -0.493 e. The van der Waals surface area contributed by atoms with Gasteiger partial charge in [-0.3, -0.25) is 0 Å².